The Balaban J connectivity index is 1.54. The van der Waals surface area contributed by atoms with Crippen molar-refractivity contribution in [1.82, 2.24) is 4.90 Å². The number of hydrogen-bond donors (Lipinski definition) is 1. The van der Waals surface area contributed by atoms with Crippen molar-refractivity contribution in [1.29, 1.82) is 0 Å². The van der Waals surface area contributed by atoms with Crippen LogP contribution >= 0.6 is 0 Å². The molecule has 1 aliphatic heterocycles. The van der Waals surface area contributed by atoms with E-state index in [9.17, 15) is 5.11 Å². The molecular formula is C20H25NO2. The Morgan fingerprint density at radius 1 is 1.00 bits per heavy atom. The van der Waals surface area contributed by atoms with Crippen LogP contribution in [0.3, 0.4) is 0 Å². The summed E-state index contributed by atoms with van der Waals surface area (Å²) in [5.74, 6) is 1.39. The maximum absolute atomic E-state index is 9.63. The van der Waals surface area contributed by atoms with Crippen molar-refractivity contribution in [2.45, 2.75) is 26.7 Å². The number of phenolic OH excluding ortho intramolecular Hbond substituents is 1. The fraction of sp³-hybridized carbons (Fsp3) is 0.400. The minimum atomic E-state index is 0.371. The van der Waals surface area contributed by atoms with Crippen LogP contribution in [0.5, 0.6) is 11.5 Å². The normalized spacial score (nSPS) is 15.0. The monoisotopic (exact) mass is 311 g/mol. The minimum absolute atomic E-state index is 0.371. The molecule has 0 fully saturated rings. The molecule has 0 bridgehead atoms. The van der Waals surface area contributed by atoms with Gasteiger partial charge in [-0.15, -0.1) is 0 Å². The summed E-state index contributed by atoms with van der Waals surface area (Å²) in [6.45, 7) is 7.91. The number of hydrogen-bond acceptors (Lipinski definition) is 3. The molecule has 0 radical (unpaired) electrons. The van der Waals surface area contributed by atoms with Crippen LogP contribution in [-0.2, 0) is 12.8 Å². The summed E-state index contributed by atoms with van der Waals surface area (Å²) in [6.07, 6.45) is 2.03. The van der Waals surface area contributed by atoms with Crippen molar-refractivity contribution >= 4 is 0 Å². The Bertz CT molecular complexity index is 661. The van der Waals surface area contributed by atoms with E-state index in [1.165, 1.54) is 22.3 Å². The van der Waals surface area contributed by atoms with Gasteiger partial charge in [-0.25, -0.2) is 0 Å². The Labute approximate surface area is 138 Å². The number of fused-ring (bicyclic) bond motifs is 1. The highest BCUT2D eigenvalue weighted by Crippen LogP contribution is 2.23. The Hall–Kier alpha value is -2.00. The highest BCUT2D eigenvalue weighted by atomic mass is 16.5. The molecule has 0 amide bonds. The molecule has 0 aliphatic carbocycles. The van der Waals surface area contributed by atoms with Crippen molar-refractivity contribution < 1.29 is 9.84 Å². The lowest BCUT2D eigenvalue weighted by molar-refractivity contribution is 0.213. The van der Waals surface area contributed by atoms with Crippen LogP contribution in [-0.4, -0.2) is 36.2 Å². The van der Waals surface area contributed by atoms with Crippen LogP contribution in [0.4, 0.5) is 0 Å². The first-order valence-corrected chi connectivity index (χ1v) is 8.35. The van der Waals surface area contributed by atoms with Crippen LogP contribution in [0.1, 0.15) is 22.3 Å². The predicted molar refractivity (Wildman–Crippen MR) is 93.4 cm³/mol. The Kier molecular flexibility index (Phi) is 4.87. The van der Waals surface area contributed by atoms with Gasteiger partial charge in [0.05, 0.1) is 0 Å². The average Bonchev–Trinajstić information content (AvgIpc) is 2.72. The van der Waals surface area contributed by atoms with Crippen LogP contribution in [0.2, 0.25) is 0 Å². The summed E-state index contributed by atoms with van der Waals surface area (Å²) >= 11 is 0. The zero-order chi connectivity index (χ0) is 16.2. The highest BCUT2D eigenvalue weighted by Gasteiger charge is 2.14. The van der Waals surface area contributed by atoms with Crippen LogP contribution in [0.25, 0.3) is 0 Å². The summed E-state index contributed by atoms with van der Waals surface area (Å²) in [4.78, 5) is 2.45. The summed E-state index contributed by atoms with van der Waals surface area (Å²) in [6, 6.07) is 12.0. The van der Waals surface area contributed by atoms with E-state index in [0.29, 0.717) is 12.4 Å². The number of para-hydroxylation sites is 1. The van der Waals surface area contributed by atoms with E-state index >= 15 is 0 Å². The molecule has 0 saturated carbocycles. The Morgan fingerprint density at radius 2 is 1.70 bits per heavy atom. The summed E-state index contributed by atoms with van der Waals surface area (Å²) in [7, 11) is 0. The molecule has 1 N–H and O–H groups in total. The second-order valence-electron chi connectivity index (χ2n) is 6.36. The van der Waals surface area contributed by atoms with E-state index in [1.54, 1.807) is 6.07 Å². The topological polar surface area (TPSA) is 32.7 Å². The molecule has 23 heavy (non-hydrogen) atoms. The van der Waals surface area contributed by atoms with Gasteiger partial charge in [-0.1, -0.05) is 24.3 Å². The third kappa shape index (κ3) is 3.85. The fourth-order valence-corrected chi connectivity index (χ4v) is 3.29. The third-order valence-corrected chi connectivity index (χ3v) is 4.65. The number of rotatable bonds is 4. The fourth-order valence-electron chi connectivity index (χ4n) is 3.29. The molecule has 0 spiro atoms. The van der Waals surface area contributed by atoms with E-state index in [0.717, 1.165) is 38.2 Å². The van der Waals surface area contributed by atoms with E-state index in [-0.39, 0.29) is 0 Å². The molecule has 3 nitrogen and oxygen atoms in total. The zero-order valence-corrected chi connectivity index (χ0v) is 14.0. The van der Waals surface area contributed by atoms with E-state index in [4.69, 9.17) is 4.74 Å². The van der Waals surface area contributed by atoms with Gasteiger partial charge >= 0.3 is 0 Å². The maximum atomic E-state index is 9.63. The lowest BCUT2D eigenvalue weighted by Crippen LogP contribution is -2.31. The SMILES string of the molecule is Cc1cccc(C)c1OCCN1CCc2ccc(O)cc2CC1. The molecule has 2 aromatic carbocycles. The van der Waals surface area contributed by atoms with Crippen molar-refractivity contribution in [2.24, 2.45) is 0 Å². The summed E-state index contributed by atoms with van der Waals surface area (Å²) in [5, 5.41) is 9.63. The number of aromatic hydroxyl groups is 1. The molecule has 0 unspecified atom stereocenters. The third-order valence-electron chi connectivity index (χ3n) is 4.65. The van der Waals surface area contributed by atoms with Gasteiger partial charge in [-0.05, 0) is 61.1 Å². The molecule has 1 heterocycles. The Morgan fingerprint density at radius 3 is 2.43 bits per heavy atom. The summed E-state index contributed by atoms with van der Waals surface area (Å²) < 4.78 is 6.03. The standard InChI is InChI=1S/C20H25NO2/c1-15-4-3-5-16(2)20(15)23-13-12-21-10-8-17-6-7-19(22)14-18(17)9-11-21/h3-7,14,22H,8-13H2,1-2H3. The molecule has 0 saturated heterocycles. The zero-order valence-electron chi connectivity index (χ0n) is 14.0. The molecule has 0 atom stereocenters. The molecular weight excluding hydrogens is 286 g/mol. The van der Waals surface area contributed by atoms with Crippen molar-refractivity contribution in [2.75, 3.05) is 26.2 Å². The van der Waals surface area contributed by atoms with Crippen molar-refractivity contribution in [3.8, 4) is 11.5 Å². The van der Waals surface area contributed by atoms with E-state index in [1.807, 2.05) is 6.07 Å². The van der Waals surface area contributed by atoms with Crippen LogP contribution < -0.4 is 4.74 Å². The molecule has 2 aromatic rings. The van der Waals surface area contributed by atoms with Gasteiger partial charge in [0, 0.05) is 19.6 Å². The number of benzene rings is 2. The first-order chi connectivity index (χ1) is 11.1. The lowest BCUT2D eigenvalue weighted by atomic mass is 10.0. The number of phenols is 1. The highest BCUT2D eigenvalue weighted by molar-refractivity contribution is 5.39. The largest absolute Gasteiger partial charge is 0.508 e. The second kappa shape index (κ2) is 7.05. The van der Waals surface area contributed by atoms with Gasteiger partial charge in [-0.3, -0.25) is 4.90 Å². The van der Waals surface area contributed by atoms with Crippen LogP contribution in [0, 0.1) is 13.8 Å². The van der Waals surface area contributed by atoms with Gasteiger partial charge in [0.15, 0.2) is 0 Å². The number of nitrogens with zero attached hydrogens (tertiary/aromatic N) is 1. The first kappa shape index (κ1) is 15.9. The molecule has 1 aliphatic rings. The molecule has 0 aromatic heterocycles. The average molecular weight is 311 g/mol. The predicted octanol–water partition coefficient (Wildman–Crippen LogP) is 3.49. The molecule has 122 valence electrons. The number of aryl methyl sites for hydroxylation is 2. The van der Waals surface area contributed by atoms with Gasteiger partial charge < -0.3 is 9.84 Å². The van der Waals surface area contributed by atoms with Crippen molar-refractivity contribution in [3.05, 3.63) is 58.7 Å². The van der Waals surface area contributed by atoms with Gasteiger partial charge in [0.2, 0.25) is 0 Å². The smallest absolute Gasteiger partial charge is 0.125 e. The van der Waals surface area contributed by atoms with Crippen molar-refractivity contribution in [3.63, 3.8) is 0 Å². The molecule has 3 heteroatoms. The van der Waals surface area contributed by atoms with E-state index < -0.39 is 0 Å². The maximum Gasteiger partial charge on any atom is 0.125 e. The summed E-state index contributed by atoms with van der Waals surface area (Å²) in [5.41, 5.74) is 5.04. The van der Waals surface area contributed by atoms with Gasteiger partial charge in [0.25, 0.3) is 0 Å². The lowest BCUT2D eigenvalue weighted by Gasteiger charge is -2.20. The quantitative estimate of drug-likeness (QED) is 0.938. The first-order valence-electron chi connectivity index (χ1n) is 8.35. The molecule has 3 rings (SSSR count). The van der Waals surface area contributed by atoms with Gasteiger partial charge in [0.1, 0.15) is 18.1 Å². The van der Waals surface area contributed by atoms with Gasteiger partial charge in [-0.2, -0.15) is 0 Å². The van der Waals surface area contributed by atoms with E-state index in [2.05, 4.69) is 43.0 Å². The second-order valence-corrected chi connectivity index (χ2v) is 6.36. The van der Waals surface area contributed by atoms with Crippen LogP contribution in [0.15, 0.2) is 36.4 Å². The minimum Gasteiger partial charge on any atom is -0.508 e. The number of ether oxygens (including phenoxy) is 1.